The number of phenolic OH excluding ortho intramolecular Hbond substituents is 1. The third kappa shape index (κ3) is 4.06. The summed E-state index contributed by atoms with van der Waals surface area (Å²) >= 11 is 5.93. The van der Waals surface area contributed by atoms with Crippen molar-refractivity contribution in [2.24, 2.45) is 0 Å². The number of nitrogens with one attached hydrogen (secondary N) is 1. The molecule has 1 fully saturated rings. The zero-order chi connectivity index (χ0) is 16.9. The van der Waals surface area contributed by atoms with Gasteiger partial charge in [0, 0.05) is 30.2 Å². The molecule has 126 valence electrons. The number of morpholine rings is 1. The average Bonchev–Trinajstić information content (AvgIpc) is 2.59. The summed E-state index contributed by atoms with van der Waals surface area (Å²) in [4.78, 5) is 14.9. The van der Waals surface area contributed by atoms with Gasteiger partial charge < -0.3 is 15.2 Å². The van der Waals surface area contributed by atoms with Gasteiger partial charge in [-0.15, -0.1) is 0 Å². The van der Waals surface area contributed by atoms with Crippen LogP contribution < -0.4 is 5.32 Å². The van der Waals surface area contributed by atoms with Gasteiger partial charge in [0.2, 0.25) is 0 Å². The van der Waals surface area contributed by atoms with E-state index < -0.39 is 0 Å². The lowest BCUT2D eigenvalue weighted by atomic mass is 10.1. The minimum atomic E-state index is -0.267. The molecule has 3 rings (SSSR count). The predicted molar refractivity (Wildman–Crippen MR) is 93.6 cm³/mol. The number of nitrogens with zero attached hydrogens (tertiary/aromatic N) is 1. The lowest BCUT2D eigenvalue weighted by Gasteiger charge is -2.27. The van der Waals surface area contributed by atoms with Crippen LogP contribution in [0.3, 0.4) is 0 Å². The molecule has 0 aliphatic carbocycles. The Morgan fingerprint density at radius 2 is 1.96 bits per heavy atom. The summed E-state index contributed by atoms with van der Waals surface area (Å²) in [6.45, 7) is 3.82. The lowest BCUT2D eigenvalue weighted by molar-refractivity contribution is 0.0341. The second-order valence-corrected chi connectivity index (χ2v) is 6.10. The molecule has 1 saturated heterocycles. The Labute approximate surface area is 145 Å². The number of halogens is 1. The summed E-state index contributed by atoms with van der Waals surface area (Å²) < 4.78 is 5.36. The highest BCUT2D eigenvalue weighted by Gasteiger charge is 2.17. The molecular weight excluding hydrogens is 328 g/mol. The van der Waals surface area contributed by atoms with Gasteiger partial charge in [-0.25, -0.2) is 0 Å². The first-order valence-electron chi connectivity index (χ1n) is 7.81. The summed E-state index contributed by atoms with van der Waals surface area (Å²) in [5.74, 6) is -0.283. The molecule has 0 unspecified atom stereocenters. The first-order chi connectivity index (χ1) is 11.6. The number of carbonyl (C=O) groups is 1. The minimum Gasteiger partial charge on any atom is -0.506 e. The molecule has 6 heteroatoms. The Morgan fingerprint density at radius 3 is 2.75 bits per heavy atom. The van der Waals surface area contributed by atoms with Crippen molar-refractivity contribution < 1.29 is 14.6 Å². The van der Waals surface area contributed by atoms with Crippen molar-refractivity contribution in [2.75, 3.05) is 31.6 Å². The Morgan fingerprint density at radius 1 is 1.21 bits per heavy atom. The molecule has 0 bridgehead atoms. The summed E-state index contributed by atoms with van der Waals surface area (Å²) in [5, 5.41) is 13.0. The summed E-state index contributed by atoms with van der Waals surface area (Å²) in [6.07, 6.45) is 0. The van der Waals surface area contributed by atoms with Crippen LogP contribution in [0.1, 0.15) is 15.9 Å². The summed E-state index contributed by atoms with van der Waals surface area (Å²) in [7, 11) is 0. The monoisotopic (exact) mass is 346 g/mol. The van der Waals surface area contributed by atoms with E-state index in [1.54, 1.807) is 12.1 Å². The number of hydrogen-bond donors (Lipinski definition) is 2. The fourth-order valence-electron chi connectivity index (χ4n) is 2.68. The quantitative estimate of drug-likeness (QED) is 0.835. The number of ether oxygens (including phenoxy) is 1. The van der Waals surface area contributed by atoms with Crippen LogP contribution in [0.2, 0.25) is 5.02 Å². The van der Waals surface area contributed by atoms with Crippen molar-refractivity contribution in [3.05, 3.63) is 58.6 Å². The molecule has 0 spiro atoms. The minimum absolute atomic E-state index is 0.0154. The molecule has 2 aromatic carbocycles. The molecule has 5 nitrogen and oxygen atoms in total. The van der Waals surface area contributed by atoms with Crippen LogP contribution in [0.4, 0.5) is 5.69 Å². The van der Waals surface area contributed by atoms with E-state index in [9.17, 15) is 9.90 Å². The molecule has 2 aromatic rings. The van der Waals surface area contributed by atoms with Crippen molar-refractivity contribution in [2.45, 2.75) is 6.54 Å². The van der Waals surface area contributed by atoms with E-state index in [0.29, 0.717) is 36.0 Å². The van der Waals surface area contributed by atoms with Crippen molar-refractivity contribution in [3.8, 4) is 5.75 Å². The number of aromatic hydroxyl groups is 1. The molecular formula is C18H19ClN2O3. The molecule has 0 aromatic heterocycles. The van der Waals surface area contributed by atoms with Crippen LogP contribution in [0.5, 0.6) is 5.75 Å². The molecule has 0 radical (unpaired) electrons. The molecule has 0 saturated carbocycles. The Bertz CT molecular complexity index is 730. The second kappa shape index (κ2) is 7.66. The Balaban J connectivity index is 1.78. The summed E-state index contributed by atoms with van der Waals surface area (Å²) in [5.41, 5.74) is 1.83. The van der Waals surface area contributed by atoms with Crippen molar-refractivity contribution >= 4 is 23.2 Å². The van der Waals surface area contributed by atoms with E-state index in [2.05, 4.69) is 10.2 Å². The third-order valence-electron chi connectivity index (χ3n) is 3.97. The smallest absolute Gasteiger partial charge is 0.256 e. The van der Waals surface area contributed by atoms with E-state index in [1.807, 2.05) is 18.2 Å². The van der Waals surface area contributed by atoms with E-state index in [-0.39, 0.29) is 11.7 Å². The number of hydrogen-bond acceptors (Lipinski definition) is 4. The third-order valence-corrected chi connectivity index (χ3v) is 4.20. The number of phenols is 1. The average molecular weight is 347 g/mol. The number of amides is 1. The first kappa shape index (κ1) is 16.8. The standard InChI is InChI=1S/C18H19ClN2O3/c19-14-5-6-17(22)16(11-14)20-18(23)15-4-2-1-3-13(15)12-21-7-9-24-10-8-21/h1-6,11,22H,7-10,12H2,(H,20,23). The van der Waals surface area contributed by atoms with Gasteiger partial charge in [0.15, 0.2) is 0 Å². The van der Waals surface area contributed by atoms with Crippen LogP contribution in [0.15, 0.2) is 42.5 Å². The van der Waals surface area contributed by atoms with Gasteiger partial charge in [-0.05, 0) is 29.8 Å². The predicted octanol–water partition coefficient (Wildman–Crippen LogP) is 3.13. The van der Waals surface area contributed by atoms with Gasteiger partial charge in [0.1, 0.15) is 5.75 Å². The number of anilines is 1. The molecule has 1 heterocycles. The molecule has 0 atom stereocenters. The van der Waals surface area contributed by atoms with Crippen LogP contribution in [0, 0.1) is 0 Å². The SMILES string of the molecule is O=C(Nc1cc(Cl)ccc1O)c1ccccc1CN1CCOCC1. The molecule has 1 aliphatic rings. The molecule has 2 N–H and O–H groups in total. The van der Waals surface area contributed by atoms with Gasteiger partial charge in [-0.3, -0.25) is 9.69 Å². The highest BCUT2D eigenvalue weighted by Crippen LogP contribution is 2.27. The van der Waals surface area contributed by atoms with Crippen LogP contribution in [-0.4, -0.2) is 42.2 Å². The maximum absolute atomic E-state index is 12.6. The van der Waals surface area contributed by atoms with E-state index in [0.717, 1.165) is 18.7 Å². The second-order valence-electron chi connectivity index (χ2n) is 5.66. The van der Waals surface area contributed by atoms with E-state index >= 15 is 0 Å². The first-order valence-corrected chi connectivity index (χ1v) is 8.19. The molecule has 1 amide bonds. The maximum Gasteiger partial charge on any atom is 0.256 e. The van der Waals surface area contributed by atoms with Crippen molar-refractivity contribution in [1.82, 2.24) is 4.90 Å². The maximum atomic E-state index is 12.6. The number of rotatable bonds is 4. The van der Waals surface area contributed by atoms with Gasteiger partial charge in [0.05, 0.1) is 18.9 Å². The number of carbonyl (C=O) groups excluding carboxylic acids is 1. The van der Waals surface area contributed by atoms with E-state index in [4.69, 9.17) is 16.3 Å². The van der Waals surface area contributed by atoms with Crippen molar-refractivity contribution in [3.63, 3.8) is 0 Å². The normalized spacial score (nSPS) is 15.2. The van der Waals surface area contributed by atoms with Gasteiger partial charge >= 0.3 is 0 Å². The van der Waals surface area contributed by atoms with Gasteiger partial charge in [-0.2, -0.15) is 0 Å². The molecule has 1 aliphatic heterocycles. The lowest BCUT2D eigenvalue weighted by Crippen LogP contribution is -2.36. The van der Waals surface area contributed by atoms with Crippen molar-refractivity contribution in [1.29, 1.82) is 0 Å². The topological polar surface area (TPSA) is 61.8 Å². The van der Waals surface area contributed by atoms with Crippen LogP contribution in [0.25, 0.3) is 0 Å². The summed E-state index contributed by atoms with van der Waals surface area (Å²) in [6, 6.07) is 12.0. The van der Waals surface area contributed by atoms with Crippen LogP contribution >= 0.6 is 11.6 Å². The highest BCUT2D eigenvalue weighted by atomic mass is 35.5. The Hall–Kier alpha value is -2.08. The highest BCUT2D eigenvalue weighted by molar-refractivity contribution is 6.31. The largest absolute Gasteiger partial charge is 0.506 e. The zero-order valence-corrected chi connectivity index (χ0v) is 13.9. The van der Waals surface area contributed by atoms with E-state index in [1.165, 1.54) is 12.1 Å². The molecule has 24 heavy (non-hydrogen) atoms. The Kier molecular flexibility index (Phi) is 5.35. The number of benzene rings is 2. The zero-order valence-electron chi connectivity index (χ0n) is 13.2. The fraction of sp³-hybridized carbons (Fsp3) is 0.278. The van der Waals surface area contributed by atoms with Gasteiger partial charge in [-0.1, -0.05) is 29.8 Å². The fourth-order valence-corrected chi connectivity index (χ4v) is 2.85. The van der Waals surface area contributed by atoms with Crippen LogP contribution in [-0.2, 0) is 11.3 Å². The van der Waals surface area contributed by atoms with Gasteiger partial charge in [0.25, 0.3) is 5.91 Å².